The normalized spacial score (nSPS) is 10.3. The van der Waals surface area contributed by atoms with Crippen LogP contribution in [0, 0.1) is 0 Å². The molecule has 13 heavy (non-hydrogen) atoms. The molecule has 0 aliphatic carbocycles. The quantitative estimate of drug-likeness (QED) is 0.579. The zero-order chi connectivity index (χ0) is 9.26. The number of nitrogens with zero attached hydrogens (tertiary/aromatic N) is 3. The Bertz CT molecular complexity index is 429. The highest BCUT2D eigenvalue weighted by atomic mass is 16.5. The number of hydrogen-bond donors (Lipinski definition) is 1. The van der Waals surface area contributed by atoms with Gasteiger partial charge in [0.2, 0.25) is 0 Å². The molecule has 0 aliphatic rings. The van der Waals surface area contributed by atoms with E-state index in [2.05, 4.69) is 10.1 Å². The van der Waals surface area contributed by atoms with E-state index in [1.165, 1.54) is 0 Å². The van der Waals surface area contributed by atoms with Crippen LogP contribution in [0.5, 0.6) is 5.75 Å². The molecule has 0 spiro atoms. The SMILES string of the molecule is COc1cc(BO)nn2ccnc12. The van der Waals surface area contributed by atoms with Crippen LogP contribution in [0.2, 0.25) is 0 Å². The van der Waals surface area contributed by atoms with Crippen molar-refractivity contribution < 1.29 is 9.76 Å². The van der Waals surface area contributed by atoms with Gasteiger partial charge in [0.25, 0.3) is 0 Å². The van der Waals surface area contributed by atoms with E-state index in [-0.39, 0.29) is 7.48 Å². The molecule has 5 nitrogen and oxygen atoms in total. The van der Waals surface area contributed by atoms with E-state index in [1.807, 2.05) is 0 Å². The highest BCUT2D eigenvalue weighted by Gasteiger charge is 2.06. The number of imidazole rings is 1. The molecular weight excluding hydrogens is 169 g/mol. The highest BCUT2D eigenvalue weighted by molar-refractivity contribution is 6.44. The number of hydrogen-bond acceptors (Lipinski definition) is 4. The van der Waals surface area contributed by atoms with Gasteiger partial charge < -0.3 is 9.76 Å². The highest BCUT2D eigenvalue weighted by Crippen LogP contribution is 2.13. The molecule has 66 valence electrons. The van der Waals surface area contributed by atoms with Crippen molar-refractivity contribution in [3.05, 3.63) is 18.5 Å². The van der Waals surface area contributed by atoms with Crippen LogP contribution < -0.4 is 10.3 Å². The van der Waals surface area contributed by atoms with Crippen molar-refractivity contribution in [3.8, 4) is 5.75 Å². The molecule has 2 aromatic rings. The summed E-state index contributed by atoms with van der Waals surface area (Å²) in [6.45, 7) is 0. The summed E-state index contributed by atoms with van der Waals surface area (Å²) in [5.74, 6) is 0.615. The van der Waals surface area contributed by atoms with E-state index >= 15 is 0 Å². The van der Waals surface area contributed by atoms with Gasteiger partial charge in [0.1, 0.15) is 0 Å². The third-order valence-electron chi connectivity index (χ3n) is 1.76. The smallest absolute Gasteiger partial charge is 0.327 e. The molecule has 0 atom stereocenters. The number of ether oxygens (including phenoxy) is 1. The summed E-state index contributed by atoms with van der Waals surface area (Å²) < 4.78 is 6.67. The van der Waals surface area contributed by atoms with Gasteiger partial charge in [-0.05, 0) is 0 Å². The van der Waals surface area contributed by atoms with Crippen LogP contribution in [-0.2, 0) is 0 Å². The average Bonchev–Trinajstić information content (AvgIpc) is 2.63. The van der Waals surface area contributed by atoms with Crippen LogP contribution in [0.25, 0.3) is 5.65 Å². The zero-order valence-electron chi connectivity index (χ0n) is 7.14. The van der Waals surface area contributed by atoms with Crippen molar-refractivity contribution in [2.24, 2.45) is 0 Å². The summed E-state index contributed by atoms with van der Waals surface area (Å²) in [5.41, 5.74) is 1.21. The van der Waals surface area contributed by atoms with E-state index < -0.39 is 0 Å². The van der Waals surface area contributed by atoms with Crippen molar-refractivity contribution in [2.45, 2.75) is 0 Å². The van der Waals surface area contributed by atoms with Crippen molar-refractivity contribution in [1.29, 1.82) is 0 Å². The van der Waals surface area contributed by atoms with E-state index in [1.54, 1.807) is 30.1 Å². The molecule has 0 fully saturated rings. The second-order valence-electron chi connectivity index (χ2n) is 2.56. The molecule has 0 bridgehead atoms. The molecule has 2 aromatic heterocycles. The molecule has 0 radical (unpaired) electrons. The lowest BCUT2D eigenvalue weighted by molar-refractivity contribution is 0.416. The van der Waals surface area contributed by atoms with Crippen LogP contribution in [0.3, 0.4) is 0 Å². The standard InChI is InChI=1S/C7H8BN3O2/c1-13-5-4-6(8-12)10-11-3-2-9-7(5)11/h2-4,8,12H,1H3. The van der Waals surface area contributed by atoms with Gasteiger partial charge in [-0.25, -0.2) is 9.50 Å². The second-order valence-corrected chi connectivity index (χ2v) is 2.56. The molecule has 6 heteroatoms. The molecule has 0 saturated heterocycles. The number of methoxy groups -OCH3 is 1. The lowest BCUT2D eigenvalue weighted by Gasteiger charge is -2.02. The van der Waals surface area contributed by atoms with E-state index in [4.69, 9.17) is 9.76 Å². The molecule has 0 amide bonds. The summed E-state index contributed by atoms with van der Waals surface area (Å²) in [6.07, 6.45) is 3.34. The van der Waals surface area contributed by atoms with Gasteiger partial charge in [-0.1, -0.05) is 0 Å². The van der Waals surface area contributed by atoms with Gasteiger partial charge >= 0.3 is 7.48 Å². The van der Waals surface area contributed by atoms with Crippen molar-refractivity contribution >= 4 is 18.7 Å². The lowest BCUT2D eigenvalue weighted by atomic mass is 9.96. The fourth-order valence-corrected chi connectivity index (χ4v) is 1.16. The van der Waals surface area contributed by atoms with Crippen molar-refractivity contribution in [1.82, 2.24) is 14.6 Å². The minimum Gasteiger partial charge on any atom is -0.493 e. The molecule has 2 heterocycles. The first-order valence-corrected chi connectivity index (χ1v) is 3.83. The van der Waals surface area contributed by atoms with E-state index in [0.717, 1.165) is 0 Å². The number of fused-ring (bicyclic) bond motifs is 1. The maximum atomic E-state index is 8.90. The summed E-state index contributed by atoms with van der Waals surface area (Å²) in [4.78, 5) is 4.06. The minimum atomic E-state index is -0.107. The predicted molar refractivity (Wildman–Crippen MR) is 48.5 cm³/mol. The van der Waals surface area contributed by atoms with Gasteiger partial charge in [0, 0.05) is 18.5 Å². The Morgan fingerprint density at radius 1 is 1.62 bits per heavy atom. The Morgan fingerprint density at radius 2 is 2.46 bits per heavy atom. The summed E-state index contributed by atoms with van der Waals surface area (Å²) in [7, 11) is 1.45. The minimum absolute atomic E-state index is 0.107. The first-order valence-electron chi connectivity index (χ1n) is 3.83. The Labute approximate surface area is 75.3 Å². The molecule has 1 N–H and O–H groups in total. The molecule has 0 aromatic carbocycles. The largest absolute Gasteiger partial charge is 0.493 e. The van der Waals surface area contributed by atoms with Gasteiger partial charge in [-0.15, -0.1) is 0 Å². The average molecular weight is 177 g/mol. The fourth-order valence-electron chi connectivity index (χ4n) is 1.16. The Morgan fingerprint density at radius 3 is 3.15 bits per heavy atom. The van der Waals surface area contributed by atoms with Gasteiger partial charge in [-0.2, -0.15) is 5.10 Å². The van der Waals surface area contributed by atoms with Crippen LogP contribution in [0.4, 0.5) is 0 Å². The summed E-state index contributed by atoms with van der Waals surface area (Å²) >= 11 is 0. The Balaban J connectivity index is 2.70. The first kappa shape index (κ1) is 8.06. The van der Waals surface area contributed by atoms with E-state index in [9.17, 15) is 0 Å². The molecular formula is C7H8BN3O2. The maximum absolute atomic E-state index is 8.90. The molecule has 0 aliphatic heterocycles. The first-order chi connectivity index (χ1) is 6.35. The van der Waals surface area contributed by atoms with Gasteiger partial charge in [0.05, 0.1) is 12.7 Å². The third kappa shape index (κ3) is 1.25. The zero-order valence-corrected chi connectivity index (χ0v) is 7.14. The predicted octanol–water partition coefficient (Wildman–Crippen LogP) is -1.29. The number of rotatable bonds is 2. The Kier molecular flexibility index (Phi) is 1.90. The number of aromatic nitrogens is 3. The third-order valence-corrected chi connectivity index (χ3v) is 1.76. The van der Waals surface area contributed by atoms with Crippen molar-refractivity contribution in [3.63, 3.8) is 0 Å². The molecule has 2 rings (SSSR count). The lowest BCUT2D eigenvalue weighted by Crippen LogP contribution is -2.21. The summed E-state index contributed by atoms with van der Waals surface area (Å²) in [5, 5.41) is 13.0. The summed E-state index contributed by atoms with van der Waals surface area (Å²) in [6, 6.07) is 1.67. The maximum Gasteiger partial charge on any atom is 0.327 e. The monoisotopic (exact) mass is 177 g/mol. The fraction of sp³-hybridized carbons (Fsp3) is 0.143. The van der Waals surface area contributed by atoms with Gasteiger partial charge in [0.15, 0.2) is 11.4 Å². The van der Waals surface area contributed by atoms with E-state index in [0.29, 0.717) is 17.0 Å². The second kappa shape index (κ2) is 3.06. The molecule has 0 saturated carbocycles. The Hall–Kier alpha value is -1.56. The molecule has 0 unspecified atom stereocenters. The topological polar surface area (TPSA) is 59.7 Å². The van der Waals surface area contributed by atoms with Crippen LogP contribution in [0.1, 0.15) is 0 Å². The van der Waals surface area contributed by atoms with Gasteiger partial charge in [-0.3, -0.25) is 0 Å². The van der Waals surface area contributed by atoms with Crippen LogP contribution in [0.15, 0.2) is 18.5 Å². The van der Waals surface area contributed by atoms with Crippen LogP contribution in [-0.4, -0.2) is 34.2 Å². The van der Waals surface area contributed by atoms with Crippen LogP contribution >= 0.6 is 0 Å². The van der Waals surface area contributed by atoms with Crippen molar-refractivity contribution in [2.75, 3.05) is 7.11 Å².